The molecular weight excluding hydrogens is 346 g/mol. The van der Waals surface area contributed by atoms with E-state index in [1.807, 2.05) is 26.8 Å². The predicted molar refractivity (Wildman–Crippen MR) is 103 cm³/mol. The van der Waals surface area contributed by atoms with E-state index in [1.54, 1.807) is 23.0 Å². The van der Waals surface area contributed by atoms with Crippen LogP contribution in [0.4, 0.5) is 5.82 Å². The molecule has 3 aromatic rings. The van der Waals surface area contributed by atoms with Crippen LogP contribution in [0.1, 0.15) is 31.4 Å². The maximum absolute atomic E-state index is 12.3. The molecule has 0 fully saturated rings. The van der Waals surface area contributed by atoms with Gasteiger partial charge < -0.3 is 14.5 Å². The lowest BCUT2D eigenvalue weighted by Gasteiger charge is -2.13. The summed E-state index contributed by atoms with van der Waals surface area (Å²) in [6.07, 6.45) is 3.22. The van der Waals surface area contributed by atoms with Crippen LogP contribution in [0.3, 0.4) is 0 Å². The zero-order valence-electron chi connectivity index (χ0n) is 15.7. The van der Waals surface area contributed by atoms with Gasteiger partial charge in [0, 0.05) is 18.7 Å². The molecule has 0 aliphatic rings. The number of carbonyl (C=O) groups excluding carboxylic acids is 1. The second-order valence-electron chi connectivity index (χ2n) is 6.36. The van der Waals surface area contributed by atoms with Crippen molar-refractivity contribution in [2.45, 2.75) is 40.2 Å². The first-order chi connectivity index (χ1) is 13.0. The van der Waals surface area contributed by atoms with Gasteiger partial charge in [-0.05, 0) is 43.0 Å². The highest BCUT2D eigenvalue weighted by atomic mass is 16.5. The Morgan fingerprint density at radius 3 is 2.85 bits per heavy atom. The molecule has 3 rings (SSSR count). The fraction of sp³-hybridized carbons (Fsp3) is 0.350. The normalized spacial score (nSPS) is 10.9. The summed E-state index contributed by atoms with van der Waals surface area (Å²) < 4.78 is 12.8. The van der Waals surface area contributed by atoms with E-state index >= 15 is 0 Å². The first-order valence-electron chi connectivity index (χ1n) is 9.03. The van der Waals surface area contributed by atoms with Crippen molar-refractivity contribution in [1.82, 2.24) is 9.78 Å². The van der Waals surface area contributed by atoms with Crippen molar-refractivity contribution < 1.29 is 13.9 Å². The number of anilines is 1. The van der Waals surface area contributed by atoms with Crippen molar-refractivity contribution in [3.63, 3.8) is 0 Å². The van der Waals surface area contributed by atoms with Crippen molar-refractivity contribution >= 4 is 22.7 Å². The Hall–Kier alpha value is -3.09. The minimum atomic E-state index is -0.391. The zero-order chi connectivity index (χ0) is 19.4. The van der Waals surface area contributed by atoms with E-state index in [0.29, 0.717) is 23.6 Å². The van der Waals surface area contributed by atoms with E-state index in [-0.39, 0.29) is 12.5 Å². The number of nitrogens with zero attached hydrogens (tertiary/aromatic N) is 2. The number of carbonyl (C=O) groups is 1. The molecule has 1 aromatic carbocycles. The lowest BCUT2D eigenvalue weighted by atomic mass is 10.1. The van der Waals surface area contributed by atoms with Crippen molar-refractivity contribution in [2.75, 3.05) is 11.9 Å². The van der Waals surface area contributed by atoms with E-state index in [1.165, 1.54) is 6.07 Å². The smallest absolute Gasteiger partial charge is 0.336 e. The highest BCUT2D eigenvalue weighted by Crippen LogP contribution is 2.30. The number of nitrogens with one attached hydrogen (secondary N) is 1. The van der Waals surface area contributed by atoms with Crippen LogP contribution in [-0.4, -0.2) is 22.3 Å². The first-order valence-corrected chi connectivity index (χ1v) is 9.03. The van der Waals surface area contributed by atoms with Crippen LogP contribution in [-0.2, 0) is 17.8 Å². The SMILES string of the molecule is CCCn1nccc1NC(=O)COc1cc(C)cc2oc(=O)cc(CC)c12. The quantitative estimate of drug-likeness (QED) is 0.646. The highest BCUT2D eigenvalue weighted by molar-refractivity contribution is 5.92. The molecule has 27 heavy (non-hydrogen) atoms. The fourth-order valence-electron chi connectivity index (χ4n) is 3.01. The van der Waals surface area contributed by atoms with Crippen LogP contribution < -0.4 is 15.7 Å². The van der Waals surface area contributed by atoms with Crippen molar-refractivity contribution in [3.8, 4) is 5.75 Å². The Morgan fingerprint density at radius 1 is 1.30 bits per heavy atom. The van der Waals surface area contributed by atoms with Crippen LogP contribution in [0.15, 0.2) is 39.7 Å². The third-order valence-corrected chi connectivity index (χ3v) is 4.19. The maximum atomic E-state index is 12.3. The maximum Gasteiger partial charge on any atom is 0.336 e. The standard InChI is InChI=1S/C20H23N3O4/c1-4-8-23-17(6-7-21-23)22-18(24)12-26-15-9-13(3)10-16-20(15)14(5-2)11-19(25)27-16/h6-7,9-11H,4-5,8,12H2,1-3H3,(H,22,24). The fourth-order valence-corrected chi connectivity index (χ4v) is 3.01. The number of benzene rings is 1. The highest BCUT2D eigenvalue weighted by Gasteiger charge is 2.14. The second-order valence-corrected chi connectivity index (χ2v) is 6.36. The van der Waals surface area contributed by atoms with Gasteiger partial charge in [0.2, 0.25) is 0 Å². The monoisotopic (exact) mass is 369 g/mol. The molecule has 0 bridgehead atoms. The number of aryl methyl sites for hydroxylation is 3. The molecule has 0 spiro atoms. The summed E-state index contributed by atoms with van der Waals surface area (Å²) in [6.45, 7) is 6.46. The summed E-state index contributed by atoms with van der Waals surface area (Å²) >= 11 is 0. The molecule has 2 heterocycles. The summed E-state index contributed by atoms with van der Waals surface area (Å²) in [5, 5.41) is 7.72. The predicted octanol–water partition coefficient (Wildman–Crippen LogP) is 3.29. The molecule has 0 radical (unpaired) electrons. The number of hydrogen-bond acceptors (Lipinski definition) is 5. The Bertz CT molecular complexity index is 1020. The second kappa shape index (κ2) is 8.07. The number of rotatable bonds is 7. The summed E-state index contributed by atoms with van der Waals surface area (Å²) in [4.78, 5) is 24.1. The molecule has 0 aliphatic heterocycles. The largest absolute Gasteiger partial charge is 0.483 e. The lowest BCUT2D eigenvalue weighted by molar-refractivity contribution is -0.118. The van der Waals surface area contributed by atoms with E-state index in [2.05, 4.69) is 10.4 Å². The van der Waals surface area contributed by atoms with Crippen LogP contribution in [0.2, 0.25) is 0 Å². The van der Waals surface area contributed by atoms with Gasteiger partial charge in [-0.15, -0.1) is 0 Å². The van der Waals surface area contributed by atoms with Gasteiger partial charge in [-0.3, -0.25) is 4.79 Å². The zero-order valence-corrected chi connectivity index (χ0v) is 15.7. The van der Waals surface area contributed by atoms with Crippen LogP contribution in [0.25, 0.3) is 11.0 Å². The number of hydrogen-bond donors (Lipinski definition) is 1. The van der Waals surface area contributed by atoms with E-state index in [4.69, 9.17) is 9.15 Å². The van der Waals surface area contributed by atoms with Gasteiger partial charge in [0.05, 0.1) is 11.6 Å². The minimum absolute atomic E-state index is 0.155. The molecule has 2 aromatic heterocycles. The summed E-state index contributed by atoms with van der Waals surface area (Å²) in [5.74, 6) is 0.889. The Labute approximate surface area is 156 Å². The van der Waals surface area contributed by atoms with Crippen LogP contribution >= 0.6 is 0 Å². The van der Waals surface area contributed by atoms with Gasteiger partial charge in [0.15, 0.2) is 6.61 Å². The Morgan fingerprint density at radius 2 is 2.11 bits per heavy atom. The molecule has 0 aliphatic carbocycles. The van der Waals surface area contributed by atoms with Gasteiger partial charge >= 0.3 is 5.63 Å². The molecular formula is C20H23N3O4. The Balaban J connectivity index is 1.81. The van der Waals surface area contributed by atoms with Crippen molar-refractivity contribution in [2.24, 2.45) is 0 Å². The number of aromatic nitrogens is 2. The van der Waals surface area contributed by atoms with Gasteiger partial charge in [-0.1, -0.05) is 13.8 Å². The molecule has 142 valence electrons. The lowest BCUT2D eigenvalue weighted by Crippen LogP contribution is -2.22. The van der Waals surface area contributed by atoms with Gasteiger partial charge in [0.1, 0.15) is 17.2 Å². The average Bonchev–Trinajstić information content (AvgIpc) is 3.05. The summed E-state index contributed by atoms with van der Waals surface area (Å²) in [7, 11) is 0. The number of ether oxygens (including phenoxy) is 1. The van der Waals surface area contributed by atoms with E-state index < -0.39 is 5.63 Å². The molecule has 7 heteroatoms. The number of fused-ring (bicyclic) bond motifs is 1. The summed E-state index contributed by atoms with van der Waals surface area (Å²) in [6, 6.07) is 6.86. The van der Waals surface area contributed by atoms with Crippen LogP contribution in [0.5, 0.6) is 5.75 Å². The van der Waals surface area contributed by atoms with E-state index in [9.17, 15) is 9.59 Å². The topological polar surface area (TPSA) is 86.4 Å². The Kier molecular flexibility index (Phi) is 5.59. The molecule has 0 atom stereocenters. The average molecular weight is 369 g/mol. The third-order valence-electron chi connectivity index (χ3n) is 4.19. The van der Waals surface area contributed by atoms with Gasteiger partial charge in [0.25, 0.3) is 5.91 Å². The molecule has 7 nitrogen and oxygen atoms in total. The molecule has 0 unspecified atom stereocenters. The van der Waals surface area contributed by atoms with Crippen LogP contribution in [0, 0.1) is 6.92 Å². The molecule has 1 amide bonds. The van der Waals surface area contributed by atoms with Crippen molar-refractivity contribution in [3.05, 3.63) is 52.0 Å². The van der Waals surface area contributed by atoms with Crippen molar-refractivity contribution in [1.29, 1.82) is 0 Å². The third kappa shape index (κ3) is 4.19. The summed E-state index contributed by atoms with van der Waals surface area (Å²) in [5.41, 5.74) is 1.79. The van der Waals surface area contributed by atoms with Gasteiger partial charge in [-0.2, -0.15) is 5.10 Å². The molecule has 1 N–H and O–H groups in total. The molecule has 0 saturated heterocycles. The van der Waals surface area contributed by atoms with Gasteiger partial charge in [-0.25, -0.2) is 9.48 Å². The van der Waals surface area contributed by atoms with E-state index in [0.717, 1.165) is 29.5 Å². The number of amides is 1. The first kappa shape index (κ1) is 18.7. The minimum Gasteiger partial charge on any atom is -0.483 e. The molecule has 0 saturated carbocycles.